The number of carbonyl (C=O) groups is 2. The first-order valence-corrected chi connectivity index (χ1v) is 8.85. The van der Waals surface area contributed by atoms with Crippen LogP contribution in [-0.2, 0) is 11.3 Å². The molecule has 0 radical (unpaired) electrons. The molecular weight excluding hydrogens is 346 g/mol. The number of ether oxygens (including phenoxy) is 2. The van der Waals surface area contributed by atoms with Crippen molar-refractivity contribution in [1.29, 1.82) is 0 Å². The fourth-order valence-corrected chi connectivity index (χ4v) is 2.22. The van der Waals surface area contributed by atoms with Gasteiger partial charge in [0.1, 0.15) is 18.1 Å². The maximum absolute atomic E-state index is 11.7. The Morgan fingerprint density at radius 2 is 1.52 bits per heavy atom. The average molecular weight is 371 g/mol. The van der Waals surface area contributed by atoms with Gasteiger partial charge in [-0.05, 0) is 36.8 Å². The van der Waals surface area contributed by atoms with Crippen LogP contribution in [-0.4, -0.2) is 38.2 Å². The normalized spacial score (nSPS) is 9.96. The largest absolute Gasteiger partial charge is 0.494 e. The lowest BCUT2D eigenvalue weighted by atomic mass is 10.2. The summed E-state index contributed by atoms with van der Waals surface area (Å²) < 4.78 is 10.9. The zero-order valence-corrected chi connectivity index (χ0v) is 15.4. The van der Waals surface area contributed by atoms with E-state index in [1.165, 1.54) is 0 Å². The van der Waals surface area contributed by atoms with Crippen LogP contribution in [0.2, 0.25) is 0 Å². The highest BCUT2D eigenvalue weighted by molar-refractivity contribution is 5.83. The predicted octanol–water partition coefficient (Wildman–Crippen LogP) is 2.08. The number of benzene rings is 2. The van der Waals surface area contributed by atoms with Crippen molar-refractivity contribution in [2.24, 2.45) is 0 Å². The fraction of sp³-hybridized carbons (Fsp3) is 0.300. The molecule has 0 saturated carbocycles. The number of amides is 3. The molecule has 0 saturated heterocycles. The molecule has 0 aromatic heterocycles. The van der Waals surface area contributed by atoms with Gasteiger partial charge in [0, 0.05) is 6.54 Å². The second kappa shape index (κ2) is 11.4. The monoisotopic (exact) mass is 371 g/mol. The van der Waals surface area contributed by atoms with E-state index in [0.29, 0.717) is 32.1 Å². The molecule has 0 aliphatic heterocycles. The summed E-state index contributed by atoms with van der Waals surface area (Å²) in [5.41, 5.74) is 0.989. The van der Waals surface area contributed by atoms with Gasteiger partial charge in [-0.25, -0.2) is 4.79 Å². The molecule has 3 N–H and O–H groups in total. The van der Waals surface area contributed by atoms with Crippen LogP contribution in [0.15, 0.2) is 54.6 Å². The number of hydrogen-bond acceptors (Lipinski definition) is 4. The maximum atomic E-state index is 11.7. The van der Waals surface area contributed by atoms with Crippen molar-refractivity contribution in [3.05, 3.63) is 60.2 Å². The lowest BCUT2D eigenvalue weighted by Crippen LogP contribution is -2.42. The number of hydrogen-bond donors (Lipinski definition) is 3. The van der Waals surface area contributed by atoms with Crippen LogP contribution in [0.4, 0.5) is 4.79 Å². The van der Waals surface area contributed by atoms with Crippen LogP contribution in [0.3, 0.4) is 0 Å². The Morgan fingerprint density at radius 3 is 2.19 bits per heavy atom. The summed E-state index contributed by atoms with van der Waals surface area (Å²) in [4.78, 5) is 23.4. The molecule has 0 heterocycles. The van der Waals surface area contributed by atoms with Crippen molar-refractivity contribution in [3.63, 3.8) is 0 Å². The summed E-state index contributed by atoms with van der Waals surface area (Å²) in [6.45, 7) is 3.53. The van der Waals surface area contributed by atoms with Crippen molar-refractivity contribution >= 4 is 11.9 Å². The molecule has 27 heavy (non-hydrogen) atoms. The molecule has 2 aromatic carbocycles. The SMILES string of the molecule is CCOc1ccc(OCCNC(=O)CNC(=O)NCc2ccccc2)cc1. The Labute approximate surface area is 159 Å². The highest BCUT2D eigenvalue weighted by Gasteiger charge is 2.05. The van der Waals surface area contributed by atoms with Gasteiger partial charge in [0.15, 0.2) is 0 Å². The second-order valence-electron chi connectivity index (χ2n) is 5.62. The first-order valence-electron chi connectivity index (χ1n) is 8.85. The minimum absolute atomic E-state index is 0.0936. The number of carbonyl (C=O) groups excluding carboxylic acids is 2. The standard InChI is InChI=1S/C20H25N3O4/c1-2-26-17-8-10-18(11-9-17)27-13-12-21-19(24)15-23-20(25)22-14-16-6-4-3-5-7-16/h3-11H,2,12-15H2,1H3,(H,21,24)(H2,22,23,25). The van der Waals surface area contributed by atoms with Crippen molar-refractivity contribution in [3.8, 4) is 11.5 Å². The molecule has 0 fully saturated rings. The summed E-state index contributed by atoms with van der Waals surface area (Å²) in [5, 5.41) is 7.89. The van der Waals surface area contributed by atoms with Crippen LogP contribution in [0.5, 0.6) is 11.5 Å². The van der Waals surface area contributed by atoms with Crippen LogP contribution in [0, 0.1) is 0 Å². The van der Waals surface area contributed by atoms with Crippen molar-refractivity contribution < 1.29 is 19.1 Å². The molecular formula is C20H25N3O4. The molecule has 144 valence electrons. The van der Waals surface area contributed by atoms with Crippen molar-refractivity contribution in [2.45, 2.75) is 13.5 Å². The van der Waals surface area contributed by atoms with E-state index in [9.17, 15) is 9.59 Å². The van der Waals surface area contributed by atoms with Crippen molar-refractivity contribution in [2.75, 3.05) is 26.3 Å². The smallest absolute Gasteiger partial charge is 0.315 e. The van der Waals surface area contributed by atoms with Crippen LogP contribution in [0.25, 0.3) is 0 Å². The van der Waals surface area contributed by atoms with E-state index < -0.39 is 0 Å². The van der Waals surface area contributed by atoms with Gasteiger partial charge in [-0.2, -0.15) is 0 Å². The van der Waals surface area contributed by atoms with Gasteiger partial charge in [0.25, 0.3) is 0 Å². The summed E-state index contributed by atoms with van der Waals surface area (Å²) in [6, 6.07) is 16.4. The Morgan fingerprint density at radius 1 is 0.852 bits per heavy atom. The summed E-state index contributed by atoms with van der Waals surface area (Å²) >= 11 is 0. The Kier molecular flexibility index (Phi) is 8.49. The third-order valence-corrected chi connectivity index (χ3v) is 3.53. The van der Waals surface area contributed by atoms with E-state index in [4.69, 9.17) is 9.47 Å². The van der Waals surface area contributed by atoms with E-state index in [0.717, 1.165) is 11.3 Å². The first kappa shape index (κ1) is 20.1. The van der Waals surface area contributed by atoms with Gasteiger partial charge in [-0.1, -0.05) is 30.3 Å². The van der Waals surface area contributed by atoms with Gasteiger partial charge in [-0.3, -0.25) is 4.79 Å². The molecule has 0 unspecified atom stereocenters. The number of nitrogens with one attached hydrogen (secondary N) is 3. The Balaban J connectivity index is 1.54. The third-order valence-electron chi connectivity index (χ3n) is 3.53. The molecule has 2 aromatic rings. The fourth-order valence-electron chi connectivity index (χ4n) is 2.22. The quantitative estimate of drug-likeness (QED) is 0.558. The number of rotatable bonds is 10. The molecule has 7 heteroatoms. The molecule has 0 bridgehead atoms. The minimum Gasteiger partial charge on any atom is -0.494 e. The van der Waals surface area contributed by atoms with E-state index in [-0.39, 0.29) is 18.5 Å². The van der Waals surface area contributed by atoms with Gasteiger partial charge in [0.2, 0.25) is 5.91 Å². The van der Waals surface area contributed by atoms with Crippen LogP contribution in [0.1, 0.15) is 12.5 Å². The lowest BCUT2D eigenvalue weighted by molar-refractivity contribution is -0.120. The molecule has 0 spiro atoms. The molecule has 0 atom stereocenters. The zero-order chi connectivity index (χ0) is 19.3. The van der Waals surface area contributed by atoms with Crippen molar-refractivity contribution in [1.82, 2.24) is 16.0 Å². The highest BCUT2D eigenvalue weighted by atomic mass is 16.5. The average Bonchev–Trinajstić information content (AvgIpc) is 2.70. The summed E-state index contributed by atoms with van der Waals surface area (Å²) in [5.74, 6) is 1.21. The van der Waals surface area contributed by atoms with E-state index in [2.05, 4.69) is 16.0 Å². The van der Waals surface area contributed by atoms with Gasteiger partial charge in [-0.15, -0.1) is 0 Å². The summed E-state index contributed by atoms with van der Waals surface area (Å²) in [6.07, 6.45) is 0. The van der Waals surface area contributed by atoms with Crippen LogP contribution < -0.4 is 25.4 Å². The molecule has 0 aliphatic carbocycles. The predicted molar refractivity (Wildman–Crippen MR) is 103 cm³/mol. The third kappa shape index (κ3) is 8.13. The van der Waals surface area contributed by atoms with E-state index >= 15 is 0 Å². The zero-order valence-electron chi connectivity index (χ0n) is 15.4. The molecule has 7 nitrogen and oxygen atoms in total. The summed E-state index contributed by atoms with van der Waals surface area (Å²) in [7, 11) is 0. The lowest BCUT2D eigenvalue weighted by Gasteiger charge is -2.10. The second-order valence-corrected chi connectivity index (χ2v) is 5.62. The minimum atomic E-state index is -0.389. The van der Waals surface area contributed by atoms with E-state index in [1.807, 2.05) is 61.5 Å². The van der Waals surface area contributed by atoms with E-state index in [1.54, 1.807) is 0 Å². The Hall–Kier alpha value is -3.22. The Bertz CT molecular complexity index is 705. The first-order chi connectivity index (χ1) is 13.2. The van der Waals surface area contributed by atoms with Gasteiger partial charge < -0.3 is 25.4 Å². The van der Waals surface area contributed by atoms with Gasteiger partial charge in [0.05, 0.1) is 19.7 Å². The molecule has 2 rings (SSSR count). The molecule has 3 amide bonds. The topological polar surface area (TPSA) is 88.7 Å². The molecule has 0 aliphatic rings. The van der Waals surface area contributed by atoms with Gasteiger partial charge >= 0.3 is 6.03 Å². The maximum Gasteiger partial charge on any atom is 0.315 e. The van der Waals surface area contributed by atoms with Crippen LogP contribution >= 0.6 is 0 Å². The number of urea groups is 1. The highest BCUT2D eigenvalue weighted by Crippen LogP contribution is 2.17.